The summed E-state index contributed by atoms with van der Waals surface area (Å²) < 4.78 is 0. The van der Waals surface area contributed by atoms with Gasteiger partial charge in [-0.05, 0) is 25.1 Å². The minimum absolute atomic E-state index is 0.303. The molecule has 0 unspecified atom stereocenters. The molecule has 6 nitrogen and oxygen atoms in total. The zero-order valence-electron chi connectivity index (χ0n) is 9.21. The molecule has 17 heavy (non-hydrogen) atoms. The van der Waals surface area contributed by atoms with Gasteiger partial charge in [0.05, 0.1) is 23.1 Å². The molecule has 0 aliphatic heterocycles. The molecule has 86 valence electrons. The number of carbonyl (C=O) groups is 1. The van der Waals surface area contributed by atoms with Crippen LogP contribution in [0.15, 0.2) is 30.6 Å². The summed E-state index contributed by atoms with van der Waals surface area (Å²) in [6.07, 6.45) is 3.04. The lowest BCUT2D eigenvalue weighted by Crippen LogP contribution is -2.15. The van der Waals surface area contributed by atoms with E-state index in [2.05, 4.69) is 20.5 Å². The molecule has 0 aliphatic carbocycles. The molecule has 0 bridgehead atoms. The van der Waals surface area contributed by atoms with Crippen molar-refractivity contribution in [1.29, 1.82) is 0 Å². The van der Waals surface area contributed by atoms with Crippen LogP contribution in [0.1, 0.15) is 16.1 Å². The number of amides is 1. The predicted molar refractivity (Wildman–Crippen MR) is 63.4 cm³/mol. The first kappa shape index (κ1) is 11.0. The fraction of sp³-hybridized carbons (Fsp3) is 0.0909. The van der Waals surface area contributed by atoms with Crippen LogP contribution in [0.5, 0.6) is 0 Å². The van der Waals surface area contributed by atoms with Crippen LogP contribution < -0.4 is 11.1 Å². The Morgan fingerprint density at radius 2 is 2.29 bits per heavy atom. The highest BCUT2D eigenvalue weighted by atomic mass is 16.1. The Bertz CT molecular complexity index is 541. The Morgan fingerprint density at radius 1 is 1.47 bits per heavy atom. The number of hydrogen-bond acceptors (Lipinski definition) is 5. The number of aromatic nitrogens is 3. The Morgan fingerprint density at radius 3 is 3.00 bits per heavy atom. The third-order valence-corrected chi connectivity index (χ3v) is 2.17. The third kappa shape index (κ3) is 2.54. The van der Waals surface area contributed by atoms with Gasteiger partial charge in [-0.2, -0.15) is 5.10 Å². The highest BCUT2D eigenvalue weighted by Gasteiger charge is 2.11. The summed E-state index contributed by atoms with van der Waals surface area (Å²) in [6.45, 7) is 1.74. The monoisotopic (exact) mass is 229 g/mol. The number of nitrogens with one attached hydrogen (secondary N) is 1. The van der Waals surface area contributed by atoms with E-state index in [1.165, 1.54) is 12.4 Å². The SMILES string of the molecule is Cc1ncc(N)cc1C(=O)Nc1cccnn1. The summed E-state index contributed by atoms with van der Waals surface area (Å²) in [7, 11) is 0. The van der Waals surface area contributed by atoms with E-state index in [0.29, 0.717) is 22.8 Å². The maximum atomic E-state index is 11.9. The van der Waals surface area contributed by atoms with Crippen LogP contribution in [0.4, 0.5) is 11.5 Å². The normalized spacial score (nSPS) is 9.94. The molecule has 0 fully saturated rings. The van der Waals surface area contributed by atoms with E-state index in [9.17, 15) is 4.79 Å². The standard InChI is InChI=1S/C11H11N5O/c1-7-9(5-8(12)6-13-7)11(17)15-10-3-2-4-14-16-10/h2-6H,12H2,1H3,(H,15,16,17). The molecule has 0 aliphatic rings. The molecule has 0 aromatic carbocycles. The first-order valence-electron chi connectivity index (χ1n) is 4.98. The van der Waals surface area contributed by atoms with Crippen LogP contribution >= 0.6 is 0 Å². The van der Waals surface area contributed by atoms with Gasteiger partial charge < -0.3 is 11.1 Å². The van der Waals surface area contributed by atoms with Crippen molar-refractivity contribution >= 4 is 17.4 Å². The van der Waals surface area contributed by atoms with E-state index in [1.807, 2.05) is 0 Å². The molecule has 2 aromatic rings. The zero-order chi connectivity index (χ0) is 12.3. The van der Waals surface area contributed by atoms with Crippen molar-refractivity contribution in [3.63, 3.8) is 0 Å². The number of nitrogen functional groups attached to an aromatic ring is 1. The minimum atomic E-state index is -0.303. The highest BCUT2D eigenvalue weighted by molar-refractivity contribution is 6.04. The largest absolute Gasteiger partial charge is 0.397 e. The topological polar surface area (TPSA) is 93.8 Å². The van der Waals surface area contributed by atoms with Crippen LogP contribution in [-0.2, 0) is 0 Å². The maximum Gasteiger partial charge on any atom is 0.258 e. The van der Waals surface area contributed by atoms with Crippen LogP contribution in [0.2, 0.25) is 0 Å². The molecule has 6 heteroatoms. The number of nitrogens with zero attached hydrogens (tertiary/aromatic N) is 3. The van der Waals surface area contributed by atoms with Crippen molar-refractivity contribution in [3.8, 4) is 0 Å². The molecular weight excluding hydrogens is 218 g/mol. The summed E-state index contributed by atoms with van der Waals surface area (Å²) in [5.41, 5.74) is 7.07. The molecule has 2 heterocycles. The zero-order valence-corrected chi connectivity index (χ0v) is 9.21. The molecule has 0 spiro atoms. The summed E-state index contributed by atoms with van der Waals surface area (Å²) in [6, 6.07) is 4.92. The average Bonchev–Trinajstić information content (AvgIpc) is 2.33. The first-order chi connectivity index (χ1) is 8.16. The van der Waals surface area contributed by atoms with Crippen LogP contribution in [-0.4, -0.2) is 21.1 Å². The predicted octanol–water partition coefficient (Wildman–Crippen LogP) is 1.01. The molecule has 2 aromatic heterocycles. The maximum absolute atomic E-state index is 11.9. The van der Waals surface area contributed by atoms with Crippen LogP contribution in [0, 0.1) is 6.92 Å². The van der Waals surface area contributed by atoms with Crippen molar-refractivity contribution in [2.24, 2.45) is 0 Å². The highest BCUT2D eigenvalue weighted by Crippen LogP contribution is 2.11. The van der Waals surface area contributed by atoms with Crippen molar-refractivity contribution in [2.45, 2.75) is 6.92 Å². The Balaban J connectivity index is 2.23. The lowest BCUT2D eigenvalue weighted by molar-refractivity contribution is 0.102. The molecule has 2 rings (SSSR count). The Hall–Kier alpha value is -2.50. The summed E-state index contributed by atoms with van der Waals surface area (Å²) in [5, 5.41) is 10.0. The summed E-state index contributed by atoms with van der Waals surface area (Å²) >= 11 is 0. The fourth-order valence-corrected chi connectivity index (χ4v) is 1.33. The number of pyridine rings is 1. The lowest BCUT2D eigenvalue weighted by Gasteiger charge is -2.06. The van der Waals surface area contributed by atoms with Crippen molar-refractivity contribution in [1.82, 2.24) is 15.2 Å². The number of nitrogens with two attached hydrogens (primary N) is 1. The molecule has 0 saturated carbocycles. The van der Waals surface area contributed by atoms with E-state index in [-0.39, 0.29) is 5.91 Å². The molecular formula is C11H11N5O. The molecule has 1 amide bonds. The van der Waals surface area contributed by atoms with Gasteiger partial charge >= 0.3 is 0 Å². The van der Waals surface area contributed by atoms with Crippen LogP contribution in [0.3, 0.4) is 0 Å². The van der Waals surface area contributed by atoms with Crippen molar-refractivity contribution < 1.29 is 4.79 Å². The first-order valence-corrected chi connectivity index (χ1v) is 4.98. The number of aryl methyl sites for hydroxylation is 1. The molecule has 0 radical (unpaired) electrons. The van der Waals surface area contributed by atoms with Gasteiger partial charge in [0.1, 0.15) is 0 Å². The molecule has 0 saturated heterocycles. The van der Waals surface area contributed by atoms with Crippen LogP contribution in [0.25, 0.3) is 0 Å². The number of hydrogen-bond donors (Lipinski definition) is 2. The quantitative estimate of drug-likeness (QED) is 0.801. The Kier molecular flexibility index (Phi) is 2.95. The smallest absolute Gasteiger partial charge is 0.258 e. The van der Waals surface area contributed by atoms with Gasteiger partial charge in [0.2, 0.25) is 0 Å². The van der Waals surface area contributed by atoms with E-state index < -0.39 is 0 Å². The second kappa shape index (κ2) is 4.56. The van der Waals surface area contributed by atoms with Gasteiger partial charge in [-0.25, -0.2) is 0 Å². The van der Waals surface area contributed by atoms with Crippen molar-refractivity contribution in [3.05, 3.63) is 41.9 Å². The van der Waals surface area contributed by atoms with E-state index in [4.69, 9.17) is 5.73 Å². The second-order valence-corrected chi connectivity index (χ2v) is 3.46. The van der Waals surface area contributed by atoms with Gasteiger partial charge in [0.15, 0.2) is 5.82 Å². The minimum Gasteiger partial charge on any atom is -0.397 e. The van der Waals surface area contributed by atoms with Crippen molar-refractivity contribution in [2.75, 3.05) is 11.1 Å². The lowest BCUT2D eigenvalue weighted by atomic mass is 10.2. The third-order valence-electron chi connectivity index (χ3n) is 2.17. The van der Waals surface area contributed by atoms with Gasteiger partial charge in [0, 0.05) is 6.20 Å². The van der Waals surface area contributed by atoms with E-state index >= 15 is 0 Å². The number of carbonyl (C=O) groups excluding carboxylic acids is 1. The number of rotatable bonds is 2. The summed E-state index contributed by atoms with van der Waals surface area (Å²) in [4.78, 5) is 15.9. The van der Waals surface area contributed by atoms with Gasteiger partial charge in [-0.1, -0.05) is 0 Å². The van der Waals surface area contributed by atoms with E-state index in [0.717, 1.165) is 0 Å². The second-order valence-electron chi connectivity index (χ2n) is 3.46. The fourth-order valence-electron chi connectivity index (χ4n) is 1.33. The van der Waals surface area contributed by atoms with Gasteiger partial charge in [-0.15, -0.1) is 5.10 Å². The van der Waals surface area contributed by atoms with Gasteiger partial charge in [0.25, 0.3) is 5.91 Å². The number of anilines is 2. The average molecular weight is 229 g/mol. The van der Waals surface area contributed by atoms with E-state index in [1.54, 1.807) is 25.1 Å². The molecule has 0 atom stereocenters. The molecule has 3 N–H and O–H groups in total. The Labute approximate surface area is 97.9 Å². The summed E-state index contributed by atoms with van der Waals surface area (Å²) in [5.74, 6) is 0.0853. The van der Waals surface area contributed by atoms with Gasteiger partial charge in [-0.3, -0.25) is 9.78 Å².